The number of aldehydes is 1. The maximum Gasteiger partial charge on any atom is 0.264 e. The van der Waals surface area contributed by atoms with Gasteiger partial charge in [-0.2, -0.15) is 0 Å². The van der Waals surface area contributed by atoms with Gasteiger partial charge in [-0.25, -0.2) is 9.37 Å². The monoisotopic (exact) mass is 370 g/mol. The average Bonchev–Trinajstić information content (AvgIpc) is 3.09. The maximum absolute atomic E-state index is 13.7. The number of carbonyl (C=O) groups excluding carboxylic acids is 2. The van der Waals surface area contributed by atoms with E-state index < -0.39 is 5.91 Å². The predicted octanol–water partition coefficient (Wildman–Crippen LogP) is 3.70. The Morgan fingerprint density at radius 2 is 1.96 bits per heavy atom. The molecule has 0 saturated heterocycles. The number of thiazole rings is 1. The van der Waals surface area contributed by atoms with Crippen LogP contribution < -0.4 is 10.1 Å². The predicted molar refractivity (Wildman–Crippen MR) is 97.3 cm³/mol. The number of amides is 1. The van der Waals surface area contributed by atoms with Crippen LogP contribution in [0.1, 0.15) is 20.8 Å². The fraction of sp³-hybridized carbons (Fsp3) is 0.105. The van der Waals surface area contributed by atoms with Crippen molar-refractivity contribution < 1.29 is 18.7 Å². The van der Waals surface area contributed by atoms with Crippen LogP contribution in [0.3, 0.4) is 0 Å². The number of para-hydroxylation sites is 1. The molecule has 5 nitrogen and oxygen atoms in total. The Balaban J connectivity index is 1.56. The van der Waals surface area contributed by atoms with E-state index in [9.17, 15) is 14.0 Å². The van der Waals surface area contributed by atoms with Crippen LogP contribution in [0.5, 0.6) is 5.75 Å². The topological polar surface area (TPSA) is 68.3 Å². The van der Waals surface area contributed by atoms with Crippen molar-refractivity contribution in [3.8, 4) is 5.75 Å². The Kier molecular flexibility index (Phi) is 5.70. The summed E-state index contributed by atoms with van der Waals surface area (Å²) in [5.41, 5.74) is 0.949. The summed E-state index contributed by atoms with van der Waals surface area (Å²) in [5, 5.41) is 3.04. The number of rotatable bonds is 7. The minimum absolute atomic E-state index is 0.243. The first-order valence-electron chi connectivity index (χ1n) is 7.80. The van der Waals surface area contributed by atoms with Gasteiger partial charge in [0.05, 0.1) is 5.56 Å². The third kappa shape index (κ3) is 4.52. The molecule has 0 bridgehead atoms. The zero-order valence-corrected chi connectivity index (χ0v) is 14.5. The Labute approximate surface area is 153 Å². The van der Waals surface area contributed by atoms with E-state index in [4.69, 9.17) is 4.74 Å². The van der Waals surface area contributed by atoms with Crippen molar-refractivity contribution in [1.82, 2.24) is 4.98 Å². The average molecular weight is 370 g/mol. The van der Waals surface area contributed by atoms with E-state index in [0.29, 0.717) is 34.7 Å². The molecule has 0 atom stereocenters. The smallest absolute Gasteiger partial charge is 0.264 e. The Bertz CT molecular complexity index is 926. The molecule has 3 rings (SSSR count). The summed E-state index contributed by atoms with van der Waals surface area (Å²) < 4.78 is 19.1. The maximum atomic E-state index is 13.7. The summed E-state index contributed by atoms with van der Waals surface area (Å²) >= 11 is 1.27. The van der Waals surface area contributed by atoms with E-state index in [1.807, 2.05) is 0 Å². The number of nitrogens with one attached hydrogen (secondary N) is 1. The second kappa shape index (κ2) is 8.35. The number of ether oxygens (including phenoxy) is 1. The van der Waals surface area contributed by atoms with Gasteiger partial charge in [0.25, 0.3) is 5.91 Å². The fourth-order valence-electron chi connectivity index (χ4n) is 2.28. The molecule has 2 aromatic carbocycles. The standard InChI is InChI=1S/C19H15FN2O3S/c20-16-7-3-1-5-13(16)9-15-10-21-19(26-15)22-18(24)12-25-17-8-4-2-6-14(17)11-23/h1-8,10-11H,9,12H2,(H,21,22,24). The molecule has 1 heterocycles. The SMILES string of the molecule is O=Cc1ccccc1OCC(=O)Nc1ncc(Cc2ccccc2F)s1. The normalized spacial score (nSPS) is 10.3. The molecular weight excluding hydrogens is 355 g/mol. The van der Waals surface area contributed by atoms with Crippen molar-refractivity contribution in [3.05, 3.63) is 76.5 Å². The summed E-state index contributed by atoms with van der Waals surface area (Å²) in [6.45, 7) is -0.243. The molecule has 1 aromatic heterocycles. The number of aromatic nitrogens is 1. The van der Waals surface area contributed by atoms with Crippen molar-refractivity contribution >= 4 is 28.7 Å². The van der Waals surface area contributed by atoms with Gasteiger partial charge in [0.1, 0.15) is 11.6 Å². The van der Waals surface area contributed by atoms with Gasteiger partial charge < -0.3 is 4.74 Å². The molecule has 26 heavy (non-hydrogen) atoms. The second-order valence-corrected chi connectivity index (χ2v) is 6.51. The van der Waals surface area contributed by atoms with Gasteiger partial charge >= 0.3 is 0 Å². The molecule has 1 N–H and O–H groups in total. The highest BCUT2D eigenvalue weighted by atomic mass is 32.1. The van der Waals surface area contributed by atoms with Crippen LogP contribution in [-0.2, 0) is 11.2 Å². The van der Waals surface area contributed by atoms with E-state index >= 15 is 0 Å². The molecule has 7 heteroatoms. The molecule has 1 amide bonds. The number of hydrogen-bond acceptors (Lipinski definition) is 5. The number of halogens is 1. The van der Waals surface area contributed by atoms with Crippen molar-refractivity contribution in [2.24, 2.45) is 0 Å². The molecular formula is C19H15FN2O3S. The van der Waals surface area contributed by atoms with E-state index in [0.717, 1.165) is 4.88 Å². The number of anilines is 1. The van der Waals surface area contributed by atoms with E-state index in [2.05, 4.69) is 10.3 Å². The summed E-state index contributed by atoms with van der Waals surface area (Å²) in [7, 11) is 0. The van der Waals surface area contributed by atoms with Gasteiger partial charge in [0.2, 0.25) is 0 Å². The van der Waals surface area contributed by atoms with Gasteiger partial charge in [-0.05, 0) is 23.8 Å². The first-order valence-corrected chi connectivity index (χ1v) is 8.62. The third-order valence-corrected chi connectivity index (χ3v) is 4.44. The first kappa shape index (κ1) is 17.8. The highest BCUT2D eigenvalue weighted by Gasteiger charge is 2.10. The highest BCUT2D eigenvalue weighted by molar-refractivity contribution is 7.15. The molecule has 0 unspecified atom stereocenters. The second-order valence-electron chi connectivity index (χ2n) is 5.39. The Morgan fingerprint density at radius 1 is 1.19 bits per heavy atom. The minimum atomic E-state index is -0.391. The Morgan fingerprint density at radius 3 is 2.77 bits per heavy atom. The van der Waals surface area contributed by atoms with Gasteiger partial charge in [-0.15, -0.1) is 11.3 Å². The van der Waals surface area contributed by atoms with Gasteiger partial charge in [-0.3, -0.25) is 14.9 Å². The van der Waals surface area contributed by atoms with E-state index in [1.165, 1.54) is 17.4 Å². The summed E-state index contributed by atoms with van der Waals surface area (Å²) in [6, 6.07) is 13.2. The highest BCUT2D eigenvalue weighted by Crippen LogP contribution is 2.22. The van der Waals surface area contributed by atoms with Crippen molar-refractivity contribution in [2.45, 2.75) is 6.42 Å². The Hall–Kier alpha value is -3.06. The van der Waals surface area contributed by atoms with Crippen LogP contribution >= 0.6 is 11.3 Å². The van der Waals surface area contributed by atoms with Crippen LogP contribution in [0.25, 0.3) is 0 Å². The van der Waals surface area contributed by atoms with Crippen molar-refractivity contribution in [3.63, 3.8) is 0 Å². The summed E-state index contributed by atoms with van der Waals surface area (Å²) in [6.07, 6.45) is 2.68. The quantitative estimate of drug-likeness (QED) is 0.644. The lowest BCUT2D eigenvalue weighted by atomic mass is 10.1. The lowest BCUT2D eigenvalue weighted by molar-refractivity contribution is -0.118. The number of carbonyl (C=O) groups is 2. The molecule has 0 aliphatic carbocycles. The molecule has 0 saturated carbocycles. The molecule has 0 spiro atoms. The molecule has 0 fully saturated rings. The number of benzene rings is 2. The largest absolute Gasteiger partial charge is 0.483 e. The van der Waals surface area contributed by atoms with Crippen molar-refractivity contribution in [1.29, 1.82) is 0 Å². The van der Waals surface area contributed by atoms with Gasteiger partial charge in [0.15, 0.2) is 18.0 Å². The van der Waals surface area contributed by atoms with Gasteiger partial charge in [-0.1, -0.05) is 30.3 Å². The minimum Gasteiger partial charge on any atom is -0.483 e. The molecule has 132 valence electrons. The van der Waals surface area contributed by atoms with Crippen LogP contribution in [0.2, 0.25) is 0 Å². The van der Waals surface area contributed by atoms with Crippen molar-refractivity contribution in [2.75, 3.05) is 11.9 Å². The summed E-state index contributed by atoms with van der Waals surface area (Å²) in [5.74, 6) is -0.316. The summed E-state index contributed by atoms with van der Waals surface area (Å²) in [4.78, 5) is 27.9. The van der Waals surface area contributed by atoms with Crippen LogP contribution in [0.15, 0.2) is 54.7 Å². The number of hydrogen-bond donors (Lipinski definition) is 1. The number of nitrogens with zero attached hydrogens (tertiary/aromatic N) is 1. The third-order valence-electron chi connectivity index (χ3n) is 3.53. The van der Waals surface area contributed by atoms with Crippen LogP contribution in [-0.4, -0.2) is 23.8 Å². The molecule has 0 aliphatic heterocycles. The fourth-order valence-corrected chi connectivity index (χ4v) is 3.14. The zero-order valence-electron chi connectivity index (χ0n) is 13.6. The van der Waals surface area contributed by atoms with Crippen LogP contribution in [0.4, 0.5) is 9.52 Å². The van der Waals surface area contributed by atoms with Crippen LogP contribution in [0, 0.1) is 5.82 Å². The van der Waals surface area contributed by atoms with E-state index in [1.54, 1.807) is 48.7 Å². The zero-order chi connectivity index (χ0) is 18.4. The van der Waals surface area contributed by atoms with Gasteiger partial charge in [0, 0.05) is 17.5 Å². The lowest BCUT2D eigenvalue weighted by Crippen LogP contribution is -2.20. The van der Waals surface area contributed by atoms with E-state index in [-0.39, 0.29) is 12.4 Å². The molecule has 0 radical (unpaired) electrons. The molecule has 0 aliphatic rings. The first-order chi connectivity index (χ1) is 12.7. The molecule has 3 aromatic rings. The lowest BCUT2D eigenvalue weighted by Gasteiger charge is -2.07.